The summed E-state index contributed by atoms with van der Waals surface area (Å²) in [5.74, 6) is 0.743. The molecular formula is C17H19NO3. The Bertz CT molecular complexity index is 741. The largest absolute Gasteiger partial charge is 0.492 e. The van der Waals surface area contributed by atoms with Gasteiger partial charge in [0, 0.05) is 22.9 Å². The zero-order chi connectivity index (χ0) is 14.4. The van der Waals surface area contributed by atoms with Crippen LogP contribution in [0, 0.1) is 0 Å². The van der Waals surface area contributed by atoms with E-state index < -0.39 is 0 Å². The molecule has 0 amide bonds. The molecule has 0 radical (unpaired) electrons. The van der Waals surface area contributed by atoms with Crippen molar-refractivity contribution in [3.05, 3.63) is 30.2 Å². The molecule has 0 unspecified atom stereocenters. The van der Waals surface area contributed by atoms with Crippen LogP contribution in [0.5, 0.6) is 5.75 Å². The summed E-state index contributed by atoms with van der Waals surface area (Å²) >= 11 is 0. The maximum Gasteiger partial charge on any atom is 0.176 e. The van der Waals surface area contributed by atoms with Crippen LogP contribution in [-0.2, 0) is 5.41 Å². The second-order valence-corrected chi connectivity index (χ2v) is 5.93. The van der Waals surface area contributed by atoms with E-state index in [2.05, 4.69) is 0 Å². The first-order valence-electron chi connectivity index (χ1n) is 7.45. The first-order valence-corrected chi connectivity index (χ1v) is 7.45. The third kappa shape index (κ3) is 1.59. The highest BCUT2D eigenvalue weighted by molar-refractivity contribution is 6.05. The van der Waals surface area contributed by atoms with Gasteiger partial charge in [-0.1, -0.05) is 12.8 Å². The van der Waals surface area contributed by atoms with Crippen molar-refractivity contribution in [2.45, 2.75) is 31.1 Å². The molecule has 2 heterocycles. The minimum atomic E-state index is -0.00943. The molecule has 110 valence electrons. The summed E-state index contributed by atoms with van der Waals surface area (Å²) in [4.78, 5) is 0. The standard InChI is InChI=1S/C17H19NO3/c1-19-15-12-5-9-20-14(12)13(11-4-8-21-16(11)15)17(10-18)6-2-3-7-17/h4-5,8-9H,2-3,6-7,10,18H2,1H3. The van der Waals surface area contributed by atoms with E-state index >= 15 is 0 Å². The molecular weight excluding hydrogens is 266 g/mol. The van der Waals surface area contributed by atoms with E-state index in [9.17, 15) is 0 Å². The van der Waals surface area contributed by atoms with E-state index in [1.165, 1.54) is 18.4 Å². The van der Waals surface area contributed by atoms with Crippen molar-refractivity contribution in [3.8, 4) is 5.75 Å². The van der Waals surface area contributed by atoms with Gasteiger partial charge in [-0.2, -0.15) is 0 Å². The van der Waals surface area contributed by atoms with Crippen LogP contribution in [0.15, 0.2) is 33.5 Å². The molecule has 1 aromatic carbocycles. The molecule has 1 saturated carbocycles. The lowest BCUT2D eigenvalue weighted by atomic mass is 9.76. The van der Waals surface area contributed by atoms with E-state index in [4.69, 9.17) is 19.3 Å². The molecule has 4 heteroatoms. The maximum atomic E-state index is 6.19. The summed E-state index contributed by atoms with van der Waals surface area (Å²) in [6, 6.07) is 3.95. The van der Waals surface area contributed by atoms with Gasteiger partial charge >= 0.3 is 0 Å². The predicted octanol–water partition coefficient (Wildman–Crippen LogP) is 3.96. The predicted molar refractivity (Wildman–Crippen MR) is 81.7 cm³/mol. The summed E-state index contributed by atoms with van der Waals surface area (Å²) in [6.07, 6.45) is 8.07. The number of hydrogen-bond donors (Lipinski definition) is 1. The van der Waals surface area contributed by atoms with Crippen molar-refractivity contribution >= 4 is 21.9 Å². The third-order valence-corrected chi connectivity index (χ3v) is 4.96. The average molecular weight is 285 g/mol. The fourth-order valence-corrected chi connectivity index (χ4v) is 3.95. The molecule has 0 spiro atoms. The summed E-state index contributed by atoms with van der Waals surface area (Å²) < 4.78 is 17.1. The molecule has 4 rings (SSSR count). The highest BCUT2D eigenvalue weighted by Gasteiger charge is 2.39. The van der Waals surface area contributed by atoms with Crippen LogP contribution in [0.1, 0.15) is 31.2 Å². The molecule has 1 aliphatic rings. The smallest absolute Gasteiger partial charge is 0.176 e. The first kappa shape index (κ1) is 12.8. The van der Waals surface area contributed by atoms with Crippen LogP contribution in [0.2, 0.25) is 0 Å². The summed E-state index contributed by atoms with van der Waals surface area (Å²) in [5.41, 5.74) is 9.07. The molecule has 1 fully saturated rings. The van der Waals surface area contributed by atoms with Crippen LogP contribution < -0.4 is 10.5 Å². The lowest BCUT2D eigenvalue weighted by Crippen LogP contribution is -2.32. The average Bonchev–Trinajstić information content (AvgIpc) is 3.24. The van der Waals surface area contributed by atoms with Gasteiger partial charge in [0.05, 0.1) is 25.0 Å². The van der Waals surface area contributed by atoms with Crippen molar-refractivity contribution in [1.29, 1.82) is 0 Å². The summed E-state index contributed by atoms with van der Waals surface area (Å²) in [7, 11) is 1.66. The Balaban J connectivity index is 2.15. The molecule has 3 aromatic rings. The molecule has 0 saturated heterocycles. The second-order valence-electron chi connectivity index (χ2n) is 5.93. The third-order valence-electron chi connectivity index (χ3n) is 4.96. The molecule has 2 aromatic heterocycles. The normalized spacial score (nSPS) is 17.8. The van der Waals surface area contributed by atoms with Gasteiger partial charge in [-0.05, 0) is 25.0 Å². The van der Waals surface area contributed by atoms with Crippen LogP contribution in [0.4, 0.5) is 0 Å². The van der Waals surface area contributed by atoms with E-state index in [0.29, 0.717) is 6.54 Å². The van der Waals surface area contributed by atoms with Gasteiger partial charge in [0.25, 0.3) is 0 Å². The number of rotatable bonds is 3. The maximum absolute atomic E-state index is 6.19. The zero-order valence-corrected chi connectivity index (χ0v) is 12.1. The zero-order valence-electron chi connectivity index (χ0n) is 12.1. The fraction of sp³-hybridized carbons (Fsp3) is 0.412. The topological polar surface area (TPSA) is 61.5 Å². The van der Waals surface area contributed by atoms with E-state index in [-0.39, 0.29) is 5.41 Å². The van der Waals surface area contributed by atoms with Gasteiger partial charge in [-0.25, -0.2) is 0 Å². The molecule has 0 aliphatic heterocycles. The SMILES string of the molecule is COc1c2ccoc2c(C2(CN)CCCC2)c2ccoc12. The Morgan fingerprint density at radius 2 is 1.76 bits per heavy atom. The van der Waals surface area contributed by atoms with E-state index in [0.717, 1.165) is 40.5 Å². The van der Waals surface area contributed by atoms with Crippen LogP contribution in [0.25, 0.3) is 21.9 Å². The Morgan fingerprint density at radius 3 is 2.43 bits per heavy atom. The number of fused-ring (bicyclic) bond motifs is 2. The number of nitrogens with two attached hydrogens (primary N) is 1. The highest BCUT2D eigenvalue weighted by atomic mass is 16.5. The lowest BCUT2D eigenvalue weighted by molar-refractivity contribution is 0.413. The Morgan fingerprint density at radius 1 is 1.10 bits per heavy atom. The van der Waals surface area contributed by atoms with Crippen LogP contribution >= 0.6 is 0 Å². The van der Waals surface area contributed by atoms with E-state index in [1.807, 2.05) is 12.1 Å². The first-order chi connectivity index (χ1) is 10.3. The molecule has 0 atom stereocenters. The van der Waals surface area contributed by atoms with Crippen molar-refractivity contribution in [2.24, 2.45) is 5.73 Å². The Kier molecular flexibility index (Phi) is 2.76. The van der Waals surface area contributed by atoms with Gasteiger partial charge in [0.15, 0.2) is 11.3 Å². The van der Waals surface area contributed by atoms with Crippen molar-refractivity contribution in [1.82, 2.24) is 0 Å². The van der Waals surface area contributed by atoms with Crippen molar-refractivity contribution in [3.63, 3.8) is 0 Å². The van der Waals surface area contributed by atoms with Gasteiger partial charge < -0.3 is 19.3 Å². The number of methoxy groups -OCH3 is 1. The molecule has 4 nitrogen and oxygen atoms in total. The minimum Gasteiger partial charge on any atom is -0.492 e. The lowest BCUT2D eigenvalue weighted by Gasteiger charge is -2.28. The highest BCUT2D eigenvalue weighted by Crippen LogP contribution is 2.49. The fourth-order valence-electron chi connectivity index (χ4n) is 3.95. The van der Waals surface area contributed by atoms with Gasteiger partial charge in [-0.15, -0.1) is 0 Å². The number of furan rings is 2. The number of benzene rings is 1. The Hall–Kier alpha value is -1.94. The second kappa shape index (κ2) is 4.53. The van der Waals surface area contributed by atoms with Crippen LogP contribution in [-0.4, -0.2) is 13.7 Å². The number of ether oxygens (including phenoxy) is 1. The minimum absolute atomic E-state index is 0.00943. The van der Waals surface area contributed by atoms with Gasteiger partial charge in [0.2, 0.25) is 0 Å². The summed E-state index contributed by atoms with van der Waals surface area (Å²) in [6.45, 7) is 0.634. The summed E-state index contributed by atoms with van der Waals surface area (Å²) in [5, 5.41) is 2.04. The molecule has 0 bridgehead atoms. The number of hydrogen-bond acceptors (Lipinski definition) is 4. The van der Waals surface area contributed by atoms with E-state index in [1.54, 1.807) is 19.6 Å². The van der Waals surface area contributed by atoms with Crippen LogP contribution in [0.3, 0.4) is 0 Å². The van der Waals surface area contributed by atoms with Crippen molar-refractivity contribution in [2.75, 3.05) is 13.7 Å². The molecule has 21 heavy (non-hydrogen) atoms. The molecule has 2 N–H and O–H groups in total. The van der Waals surface area contributed by atoms with Crippen molar-refractivity contribution < 1.29 is 13.6 Å². The van der Waals surface area contributed by atoms with Gasteiger partial charge in [0.1, 0.15) is 5.58 Å². The quantitative estimate of drug-likeness (QED) is 0.791. The monoisotopic (exact) mass is 285 g/mol. The molecule has 1 aliphatic carbocycles. The Labute approximate surface area is 122 Å². The van der Waals surface area contributed by atoms with Gasteiger partial charge in [-0.3, -0.25) is 0 Å².